The lowest BCUT2D eigenvalue weighted by Crippen LogP contribution is -1.98. The van der Waals surface area contributed by atoms with Gasteiger partial charge in [0.1, 0.15) is 33.6 Å². The highest BCUT2D eigenvalue weighted by atomic mass is 16.3. The number of nitrogens with zero attached hydrogens (tertiary/aromatic N) is 4. The van der Waals surface area contributed by atoms with Crippen molar-refractivity contribution < 1.29 is 8.83 Å². The van der Waals surface area contributed by atoms with Crippen LogP contribution in [0.5, 0.6) is 0 Å². The molecule has 6 nitrogen and oxygen atoms in total. The van der Waals surface area contributed by atoms with Gasteiger partial charge in [-0.1, -0.05) is 146 Å². The zero-order valence-electron chi connectivity index (χ0n) is 29.9. The van der Waals surface area contributed by atoms with Gasteiger partial charge in [0.25, 0.3) is 0 Å². The highest BCUT2D eigenvalue weighted by Crippen LogP contribution is 2.42. The Morgan fingerprint density at radius 3 is 1.39 bits per heavy atom. The molecule has 0 atom stereocenters. The molecule has 6 heteroatoms. The maximum absolute atomic E-state index is 6.60. The average molecular weight is 719 g/mol. The standard InChI is InChI=1S/C50H30N4O2/c1-3-15-31(16-4-1)33-19-13-21-35(29-33)43-47-45(39-25-9-11-27-41(39)55-47)54-50(51-43)38-24-8-7-23-37(38)44-48-46(40-26-10-12-28-42(40)56-48)53-49(52-44)36-22-14-20-34(30-36)32-17-5-2-6-18-32/h1-30H. The van der Waals surface area contributed by atoms with Crippen molar-refractivity contribution in [2.24, 2.45) is 0 Å². The van der Waals surface area contributed by atoms with Gasteiger partial charge >= 0.3 is 0 Å². The Hall–Kier alpha value is -7.70. The summed E-state index contributed by atoms with van der Waals surface area (Å²) < 4.78 is 13.1. The molecule has 0 amide bonds. The molecule has 0 unspecified atom stereocenters. The number of aromatic nitrogens is 4. The van der Waals surface area contributed by atoms with E-state index in [9.17, 15) is 0 Å². The third-order valence-electron chi connectivity index (χ3n) is 10.3. The largest absolute Gasteiger partial charge is 0.452 e. The molecule has 11 rings (SSSR count). The molecule has 262 valence electrons. The Morgan fingerprint density at radius 2 is 0.750 bits per heavy atom. The van der Waals surface area contributed by atoms with E-state index in [-0.39, 0.29) is 0 Å². The van der Waals surface area contributed by atoms with Gasteiger partial charge in [-0.05, 0) is 58.7 Å². The van der Waals surface area contributed by atoms with Crippen molar-refractivity contribution in [2.75, 3.05) is 0 Å². The quantitative estimate of drug-likeness (QED) is 0.170. The van der Waals surface area contributed by atoms with Crippen LogP contribution in [0.1, 0.15) is 0 Å². The minimum Gasteiger partial charge on any atom is -0.452 e. The maximum atomic E-state index is 6.60. The zero-order chi connectivity index (χ0) is 37.0. The molecule has 4 aromatic heterocycles. The SMILES string of the molecule is c1ccc(-c2cccc(-c3nc(-c4ccccc4-c4nc(-c5cccc(-c6ccccc6)c5)c5oc6ccccc6c5n4)c4oc5ccccc5c4n3)c2)cc1. The highest BCUT2D eigenvalue weighted by molar-refractivity contribution is 6.09. The molecular weight excluding hydrogens is 689 g/mol. The number of benzene rings is 7. The molecule has 7 aromatic carbocycles. The summed E-state index contributed by atoms with van der Waals surface area (Å²) in [6.07, 6.45) is 0. The molecule has 0 saturated heterocycles. The molecule has 4 heterocycles. The van der Waals surface area contributed by atoms with Crippen LogP contribution < -0.4 is 0 Å². The second-order valence-electron chi connectivity index (χ2n) is 13.8. The van der Waals surface area contributed by atoms with Gasteiger partial charge in [-0.2, -0.15) is 0 Å². The summed E-state index contributed by atoms with van der Waals surface area (Å²) in [4.78, 5) is 21.1. The Balaban J connectivity index is 1.15. The van der Waals surface area contributed by atoms with Crippen LogP contribution in [0.2, 0.25) is 0 Å². The van der Waals surface area contributed by atoms with Crippen LogP contribution in [-0.2, 0) is 0 Å². The van der Waals surface area contributed by atoms with Gasteiger partial charge in [0, 0.05) is 33.0 Å². The lowest BCUT2D eigenvalue weighted by molar-refractivity contribution is 0.666. The van der Waals surface area contributed by atoms with E-state index in [2.05, 4.69) is 97.1 Å². The lowest BCUT2D eigenvalue weighted by atomic mass is 10.00. The first-order chi connectivity index (χ1) is 27.7. The molecule has 0 radical (unpaired) electrons. The predicted molar refractivity (Wildman–Crippen MR) is 225 cm³/mol. The molecule has 0 fully saturated rings. The number of hydrogen-bond acceptors (Lipinski definition) is 6. The molecule has 0 spiro atoms. The van der Waals surface area contributed by atoms with Gasteiger partial charge in [0.05, 0.1) is 0 Å². The van der Waals surface area contributed by atoms with Crippen molar-refractivity contribution in [1.29, 1.82) is 0 Å². The maximum Gasteiger partial charge on any atom is 0.180 e. The molecule has 56 heavy (non-hydrogen) atoms. The second-order valence-corrected chi connectivity index (χ2v) is 13.8. The minimum absolute atomic E-state index is 0.551. The number of rotatable bonds is 6. The van der Waals surface area contributed by atoms with Crippen molar-refractivity contribution in [3.8, 4) is 67.5 Å². The van der Waals surface area contributed by atoms with Crippen LogP contribution in [0.4, 0.5) is 0 Å². The van der Waals surface area contributed by atoms with E-state index < -0.39 is 0 Å². The fraction of sp³-hybridized carbons (Fsp3) is 0. The minimum atomic E-state index is 0.551. The molecule has 0 bridgehead atoms. The van der Waals surface area contributed by atoms with Crippen LogP contribution in [0, 0.1) is 0 Å². The molecule has 0 saturated carbocycles. The normalized spacial score (nSPS) is 11.6. The molecule has 0 aliphatic heterocycles. The molecule has 11 aromatic rings. The highest BCUT2D eigenvalue weighted by Gasteiger charge is 2.24. The van der Waals surface area contributed by atoms with Gasteiger partial charge in [0.15, 0.2) is 22.8 Å². The number of para-hydroxylation sites is 2. The summed E-state index contributed by atoms with van der Waals surface area (Å²) in [6.45, 7) is 0. The molecule has 0 aliphatic carbocycles. The van der Waals surface area contributed by atoms with Crippen LogP contribution in [0.3, 0.4) is 0 Å². The Kier molecular flexibility index (Phi) is 7.38. The number of hydrogen-bond donors (Lipinski definition) is 0. The first-order valence-corrected chi connectivity index (χ1v) is 18.6. The summed E-state index contributed by atoms with van der Waals surface area (Å²) in [5.74, 6) is 1.15. The third-order valence-corrected chi connectivity index (χ3v) is 10.3. The van der Waals surface area contributed by atoms with Crippen molar-refractivity contribution in [3.63, 3.8) is 0 Å². The van der Waals surface area contributed by atoms with Gasteiger partial charge in [0.2, 0.25) is 0 Å². The fourth-order valence-electron chi connectivity index (χ4n) is 7.64. The molecular formula is C50H30N4O2. The number of furan rings is 2. The average Bonchev–Trinajstić information content (AvgIpc) is 3.85. The third kappa shape index (κ3) is 5.35. The van der Waals surface area contributed by atoms with E-state index in [4.69, 9.17) is 28.8 Å². The van der Waals surface area contributed by atoms with Crippen molar-refractivity contribution in [2.45, 2.75) is 0 Å². The van der Waals surface area contributed by atoms with E-state index >= 15 is 0 Å². The summed E-state index contributed by atoms with van der Waals surface area (Å²) in [5.41, 5.74) is 13.5. The Labute approximate surface area is 321 Å². The van der Waals surface area contributed by atoms with Crippen LogP contribution in [0.25, 0.3) is 112 Å². The van der Waals surface area contributed by atoms with E-state index in [1.807, 2.05) is 84.9 Å². The predicted octanol–water partition coefficient (Wildman–Crippen LogP) is 13.1. The monoisotopic (exact) mass is 718 g/mol. The van der Waals surface area contributed by atoms with Crippen LogP contribution in [0.15, 0.2) is 191 Å². The van der Waals surface area contributed by atoms with Crippen molar-refractivity contribution in [3.05, 3.63) is 182 Å². The van der Waals surface area contributed by atoms with Gasteiger partial charge < -0.3 is 8.83 Å². The summed E-state index contributed by atoms with van der Waals surface area (Å²) in [6, 6.07) is 61.7. The second kappa shape index (κ2) is 13.0. The first kappa shape index (κ1) is 31.8. The lowest BCUT2D eigenvalue weighted by Gasteiger charge is -2.12. The topological polar surface area (TPSA) is 77.8 Å². The number of fused-ring (bicyclic) bond motifs is 6. The van der Waals surface area contributed by atoms with E-state index in [0.717, 1.165) is 77.5 Å². The van der Waals surface area contributed by atoms with Gasteiger partial charge in [-0.15, -0.1) is 0 Å². The molecule has 0 N–H and O–H groups in total. The van der Waals surface area contributed by atoms with E-state index in [0.29, 0.717) is 34.2 Å². The first-order valence-electron chi connectivity index (χ1n) is 18.6. The van der Waals surface area contributed by atoms with Crippen molar-refractivity contribution >= 4 is 44.1 Å². The van der Waals surface area contributed by atoms with Crippen LogP contribution >= 0.6 is 0 Å². The van der Waals surface area contributed by atoms with E-state index in [1.54, 1.807) is 0 Å². The zero-order valence-corrected chi connectivity index (χ0v) is 29.9. The van der Waals surface area contributed by atoms with Gasteiger partial charge in [-0.25, -0.2) is 19.9 Å². The summed E-state index contributed by atoms with van der Waals surface area (Å²) >= 11 is 0. The summed E-state index contributed by atoms with van der Waals surface area (Å²) in [5, 5.41) is 1.85. The fourth-order valence-corrected chi connectivity index (χ4v) is 7.64. The van der Waals surface area contributed by atoms with E-state index in [1.165, 1.54) is 0 Å². The summed E-state index contributed by atoms with van der Waals surface area (Å²) in [7, 11) is 0. The van der Waals surface area contributed by atoms with Gasteiger partial charge in [-0.3, -0.25) is 0 Å². The smallest absolute Gasteiger partial charge is 0.180 e. The van der Waals surface area contributed by atoms with Crippen LogP contribution in [-0.4, -0.2) is 19.9 Å². The van der Waals surface area contributed by atoms with Crippen molar-refractivity contribution in [1.82, 2.24) is 19.9 Å². The molecule has 0 aliphatic rings. The Bertz CT molecular complexity index is 3260. The Morgan fingerprint density at radius 1 is 0.304 bits per heavy atom.